The minimum Gasteiger partial charge on any atom is -0.437 e. The van der Waals surface area contributed by atoms with Crippen LogP contribution in [0.2, 0.25) is 0 Å². The van der Waals surface area contributed by atoms with Crippen LogP contribution < -0.4 is 4.74 Å². The van der Waals surface area contributed by atoms with E-state index in [1.807, 2.05) is 0 Å². The molecule has 0 aliphatic heterocycles. The number of rotatable bonds is 2. The molecular formula is C15H7F2N3O. The average molecular weight is 283 g/mol. The first kappa shape index (κ1) is 12.9. The van der Waals surface area contributed by atoms with Crippen LogP contribution in [0.5, 0.6) is 11.6 Å². The van der Waals surface area contributed by atoms with Crippen LogP contribution in [-0.4, -0.2) is 9.97 Å². The fraction of sp³-hybridized carbons (Fsp3) is 0. The third-order valence-electron chi connectivity index (χ3n) is 2.85. The maximum Gasteiger partial charge on any atom is 0.230 e. The summed E-state index contributed by atoms with van der Waals surface area (Å²) in [5, 5.41) is 9.31. The Balaban J connectivity index is 2.13. The maximum absolute atomic E-state index is 13.5. The van der Waals surface area contributed by atoms with Crippen molar-refractivity contribution in [2.45, 2.75) is 0 Å². The van der Waals surface area contributed by atoms with Crippen molar-refractivity contribution >= 4 is 10.9 Å². The molecule has 1 aromatic heterocycles. The van der Waals surface area contributed by atoms with E-state index in [1.54, 1.807) is 6.07 Å². The lowest BCUT2D eigenvalue weighted by atomic mass is 10.2. The third-order valence-corrected chi connectivity index (χ3v) is 2.85. The second-order valence-corrected chi connectivity index (χ2v) is 4.17. The molecule has 0 saturated carbocycles. The van der Waals surface area contributed by atoms with Crippen LogP contribution in [0.1, 0.15) is 5.56 Å². The molecule has 21 heavy (non-hydrogen) atoms. The van der Waals surface area contributed by atoms with Crippen LogP contribution in [0.15, 0.2) is 42.7 Å². The van der Waals surface area contributed by atoms with Gasteiger partial charge in [0.05, 0.1) is 10.9 Å². The van der Waals surface area contributed by atoms with E-state index in [0.717, 1.165) is 6.07 Å². The number of nitriles is 1. The van der Waals surface area contributed by atoms with Gasteiger partial charge in [-0.15, -0.1) is 0 Å². The van der Waals surface area contributed by atoms with Gasteiger partial charge in [-0.05, 0) is 30.3 Å². The summed E-state index contributed by atoms with van der Waals surface area (Å²) in [7, 11) is 0. The van der Waals surface area contributed by atoms with Crippen molar-refractivity contribution in [1.82, 2.24) is 9.97 Å². The van der Waals surface area contributed by atoms with E-state index in [4.69, 9.17) is 10.00 Å². The molecule has 3 aromatic rings. The van der Waals surface area contributed by atoms with Gasteiger partial charge in [-0.2, -0.15) is 5.26 Å². The Morgan fingerprint density at radius 3 is 2.76 bits per heavy atom. The summed E-state index contributed by atoms with van der Waals surface area (Å²) in [6.45, 7) is 0. The lowest BCUT2D eigenvalue weighted by molar-refractivity contribution is 0.460. The summed E-state index contributed by atoms with van der Waals surface area (Å²) in [5.41, 5.74) is 0.247. The molecule has 1 heterocycles. The highest BCUT2D eigenvalue weighted by molar-refractivity contribution is 5.83. The maximum atomic E-state index is 13.5. The Morgan fingerprint density at radius 2 is 1.95 bits per heavy atom. The highest BCUT2D eigenvalue weighted by Gasteiger charge is 2.13. The van der Waals surface area contributed by atoms with Gasteiger partial charge in [0, 0.05) is 0 Å². The number of aromatic nitrogens is 2. The third kappa shape index (κ3) is 2.37. The highest BCUT2D eigenvalue weighted by atomic mass is 19.1. The van der Waals surface area contributed by atoms with Gasteiger partial charge in [-0.1, -0.05) is 6.07 Å². The van der Waals surface area contributed by atoms with Crippen molar-refractivity contribution in [3.63, 3.8) is 0 Å². The molecule has 0 fully saturated rings. The normalized spacial score (nSPS) is 10.3. The molecule has 0 unspecified atom stereocenters. The molecule has 0 saturated heterocycles. The molecule has 0 N–H and O–H groups in total. The Hall–Kier alpha value is -3.07. The zero-order chi connectivity index (χ0) is 14.8. The Bertz CT molecular complexity index is 874. The van der Waals surface area contributed by atoms with Gasteiger partial charge in [0.25, 0.3) is 0 Å². The van der Waals surface area contributed by atoms with Gasteiger partial charge >= 0.3 is 0 Å². The Kier molecular flexibility index (Phi) is 3.16. The topological polar surface area (TPSA) is 58.8 Å². The zero-order valence-corrected chi connectivity index (χ0v) is 10.5. The van der Waals surface area contributed by atoms with E-state index < -0.39 is 11.6 Å². The van der Waals surface area contributed by atoms with Crippen molar-refractivity contribution < 1.29 is 13.5 Å². The lowest BCUT2D eigenvalue weighted by Gasteiger charge is -2.08. The first-order valence-corrected chi connectivity index (χ1v) is 5.96. The minimum absolute atomic E-state index is 0.0155. The van der Waals surface area contributed by atoms with Gasteiger partial charge in [-0.25, -0.2) is 18.7 Å². The van der Waals surface area contributed by atoms with Crippen LogP contribution in [0.25, 0.3) is 10.9 Å². The van der Waals surface area contributed by atoms with E-state index >= 15 is 0 Å². The molecule has 0 atom stereocenters. The summed E-state index contributed by atoms with van der Waals surface area (Å²) >= 11 is 0. The van der Waals surface area contributed by atoms with Gasteiger partial charge in [0.2, 0.25) is 5.88 Å². The number of hydrogen-bond acceptors (Lipinski definition) is 4. The first-order chi connectivity index (χ1) is 10.2. The molecular weight excluding hydrogens is 276 g/mol. The average Bonchev–Trinajstić information content (AvgIpc) is 2.48. The lowest BCUT2D eigenvalue weighted by Crippen LogP contribution is -1.95. The monoisotopic (exact) mass is 283 g/mol. The number of ether oxygens (including phenoxy) is 1. The molecule has 6 heteroatoms. The fourth-order valence-corrected chi connectivity index (χ4v) is 1.89. The molecule has 0 aliphatic carbocycles. The molecule has 0 aliphatic rings. The predicted octanol–water partition coefficient (Wildman–Crippen LogP) is 3.57. The van der Waals surface area contributed by atoms with E-state index in [0.29, 0.717) is 10.9 Å². The minimum atomic E-state index is -0.695. The van der Waals surface area contributed by atoms with E-state index in [2.05, 4.69) is 9.97 Å². The quantitative estimate of drug-likeness (QED) is 0.721. The molecule has 3 rings (SSSR count). The van der Waals surface area contributed by atoms with Gasteiger partial charge in [0.1, 0.15) is 35.3 Å². The van der Waals surface area contributed by atoms with Crippen LogP contribution in [0.3, 0.4) is 0 Å². The second kappa shape index (κ2) is 5.13. The summed E-state index contributed by atoms with van der Waals surface area (Å²) < 4.78 is 32.3. The van der Waals surface area contributed by atoms with Crippen molar-refractivity contribution in [2.75, 3.05) is 0 Å². The highest BCUT2D eigenvalue weighted by Crippen LogP contribution is 2.29. The number of halogens is 2. The molecule has 2 aromatic carbocycles. The second-order valence-electron chi connectivity index (χ2n) is 4.17. The number of nitrogens with zero attached hydrogens (tertiary/aromatic N) is 3. The zero-order valence-electron chi connectivity index (χ0n) is 10.5. The standard InChI is InChI=1S/C15H7F2N3O/c16-9-4-5-13-10(6-9)15(20-8-19-13)21-14-3-1-2-12(17)11(14)7-18/h1-6,8H. The van der Waals surface area contributed by atoms with Crippen LogP contribution in [-0.2, 0) is 0 Å². The molecule has 0 amide bonds. The molecule has 4 nitrogen and oxygen atoms in total. The van der Waals surface area contributed by atoms with Crippen molar-refractivity contribution in [2.24, 2.45) is 0 Å². The summed E-state index contributed by atoms with van der Waals surface area (Å²) in [5.74, 6) is -1.09. The summed E-state index contributed by atoms with van der Waals surface area (Å²) in [6.07, 6.45) is 1.25. The number of benzene rings is 2. The first-order valence-electron chi connectivity index (χ1n) is 5.96. The van der Waals surface area contributed by atoms with Crippen molar-refractivity contribution in [1.29, 1.82) is 5.26 Å². The van der Waals surface area contributed by atoms with Gasteiger partial charge < -0.3 is 4.74 Å². The molecule has 0 bridgehead atoms. The number of fused-ring (bicyclic) bond motifs is 1. The fourth-order valence-electron chi connectivity index (χ4n) is 1.89. The van der Waals surface area contributed by atoms with Crippen LogP contribution in [0.4, 0.5) is 8.78 Å². The van der Waals surface area contributed by atoms with Gasteiger partial charge in [0.15, 0.2) is 0 Å². The number of hydrogen-bond donors (Lipinski definition) is 0. The van der Waals surface area contributed by atoms with Crippen LogP contribution >= 0.6 is 0 Å². The SMILES string of the molecule is N#Cc1c(F)cccc1Oc1ncnc2ccc(F)cc12. The largest absolute Gasteiger partial charge is 0.437 e. The van der Waals surface area contributed by atoms with Crippen molar-refractivity contribution in [3.8, 4) is 17.7 Å². The Morgan fingerprint density at radius 1 is 1.10 bits per heavy atom. The summed E-state index contributed by atoms with van der Waals surface area (Å²) in [4.78, 5) is 7.90. The van der Waals surface area contributed by atoms with Gasteiger partial charge in [-0.3, -0.25) is 0 Å². The molecule has 0 spiro atoms. The smallest absolute Gasteiger partial charge is 0.230 e. The Labute approximate surface area is 118 Å². The van der Waals surface area contributed by atoms with E-state index in [-0.39, 0.29) is 17.2 Å². The molecule has 0 radical (unpaired) electrons. The van der Waals surface area contributed by atoms with E-state index in [1.165, 1.54) is 36.7 Å². The van der Waals surface area contributed by atoms with E-state index in [9.17, 15) is 8.78 Å². The molecule has 102 valence electrons. The predicted molar refractivity (Wildman–Crippen MR) is 70.7 cm³/mol. The van der Waals surface area contributed by atoms with Crippen LogP contribution in [0, 0.1) is 23.0 Å². The summed E-state index contributed by atoms with van der Waals surface area (Å²) in [6, 6.07) is 9.70. The van der Waals surface area contributed by atoms with Crippen molar-refractivity contribution in [3.05, 3.63) is 59.9 Å².